The highest BCUT2D eigenvalue weighted by Crippen LogP contribution is 2.24. The third kappa shape index (κ3) is 5.02. The normalized spacial score (nSPS) is 16.7. The van der Waals surface area contributed by atoms with Crippen molar-refractivity contribution < 1.29 is 23.0 Å². The molecule has 0 unspecified atom stereocenters. The third-order valence-electron chi connectivity index (χ3n) is 4.40. The molecule has 4 nitrogen and oxygen atoms in total. The Labute approximate surface area is 151 Å². The number of hydrogen-bond acceptors (Lipinski definition) is 3. The van der Waals surface area contributed by atoms with E-state index in [2.05, 4.69) is 10.1 Å². The lowest BCUT2D eigenvalue weighted by molar-refractivity contribution is -0.0498. The SMILES string of the molecule is O=C(NCC[C@@H]1CCOC1)c1cccc(-c2ccc(OC(F)F)cc2)c1. The van der Waals surface area contributed by atoms with E-state index in [0.29, 0.717) is 18.0 Å². The number of carbonyl (C=O) groups is 1. The number of hydrogen-bond donors (Lipinski definition) is 1. The van der Waals surface area contributed by atoms with E-state index >= 15 is 0 Å². The first kappa shape index (κ1) is 18.3. The molecule has 0 radical (unpaired) electrons. The second-order valence-electron chi connectivity index (χ2n) is 6.26. The summed E-state index contributed by atoms with van der Waals surface area (Å²) in [5.74, 6) is 0.507. The quantitative estimate of drug-likeness (QED) is 0.807. The van der Waals surface area contributed by atoms with Crippen LogP contribution in [0.15, 0.2) is 48.5 Å². The second kappa shape index (κ2) is 8.76. The molecule has 1 amide bonds. The number of rotatable bonds is 7. The zero-order valence-corrected chi connectivity index (χ0v) is 14.3. The van der Waals surface area contributed by atoms with Crippen LogP contribution in [-0.4, -0.2) is 32.3 Å². The average molecular weight is 361 g/mol. The Hall–Kier alpha value is -2.47. The summed E-state index contributed by atoms with van der Waals surface area (Å²) in [4.78, 5) is 12.3. The van der Waals surface area contributed by atoms with Crippen LogP contribution in [0.3, 0.4) is 0 Å². The summed E-state index contributed by atoms with van der Waals surface area (Å²) in [6.45, 7) is -0.640. The molecule has 2 aromatic carbocycles. The molecule has 1 aliphatic rings. The van der Waals surface area contributed by atoms with Crippen molar-refractivity contribution in [2.75, 3.05) is 19.8 Å². The maximum Gasteiger partial charge on any atom is 0.387 e. The summed E-state index contributed by atoms with van der Waals surface area (Å²) >= 11 is 0. The molecule has 138 valence electrons. The summed E-state index contributed by atoms with van der Waals surface area (Å²) in [7, 11) is 0. The molecule has 1 N–H and O–H groups in total. The van der Waals surface area contributed by atoms with Crippen LogP contribution in [0.25, 0.3) is 11.1 Å². The Balaban J connectivity index is 1.60. The molecule has 0 saturated carbocycles. The molecule has 1 saturated heterocycles. The molecule has 1 atom stereocenters. The first-order valence-corrected chi connectivity index (χ1v) is 8.63. The van der Waals surface area contributed by atoms with E-state index in [-0.39, 0.29) is 11.7 Å². The van der Waals surface area contributed by atoms with Crippen molar-refractivity contribution in [3.05, 3.63) is 54.1 Å². The average Bonchev–Trinajstić information content (AvgIpc) is 3.15. The van der Waals surface area contributed by atoms with E-state index in [1.54, 1.807) is 30.3 Å². The van der Waals surface area contributed by atoms with E-state index in [0.717, 1.165) is 37.2 Å². The fourth-order valence-electron chi connectivity index (χ4n) is 2.97. The van der Waals surface area contributed by atoms with E-state index in [9.17, 15) is 13.6 Å². The van der Waals surface area contributed by atoms with Crippen molar-refractivity contribution in [3.63, 3.8) is 0 Å². The lowest BCUT2D eigenvalue weighted by atomic mass is 10.0. The van der Waals surface area contributed by atoms with Crippen molar-refractivity contribution in [1.29, 1.82) is 0 Å². The van der Waals surface area contributed by atoms with Crippen molar-refractivity contribution in [1.82, 2.24) is 5.32 Å². The minimum absolute atomic E-state index is 0.105. The molecule has 1 aliphatic heterocycles. The number of ether oxygens (including phenoxy) is 2. The van der Waals surface area contributed by atoms with Gasteiger partial charge in [0, 0.05) is 25.3 Å². The summed E-state index contributed by atoms with van der Waals surface area (Å²) in [5.41, 5.74) is 2.23. The molecule has 6 heteroatoms. The number of carbonyl (C=O) groups excluding carboxylic acids is 1. The fraction of sp³-hybridized carbons (Fsp3) is 0.350. The lowest BCUT2D eigenvalue weighted by Gasteiger charge is -2.10. The number of alkyl halides is 2. The first-order chi connectivity index (χ1) is 12.6. The predicted octanol–water partition coefficient (Wildman–Crippen LogP) is 4.11. The van der Waals surface area contributed by atoms with Gasteiger partial charge < -0.3 is 14.8 Å². The van der Waals surface area contributed by atoms with Crippen LogP contribution in [0, 0.1) is 5.92 Å². The van der Waals surface area contributed by atoms with Gasteiger partial charge in [0.05, 0.1) is 0 Å². The van der Waals surface area contributed by atoms with E-state index in [4.69, 9.17) is 4.74 Å². The van der Waals surface area contributed by atoms with Gasteiger partial charge in [0.15, 0.2) is 0 Å². The van der Waals surface area contributed by atoms with Crippen LogP contribution in [0.2, 0.25) is 0 Å². The van der Waals surface area contributed by atoms with Gasteiger partial charge in [-0.15, -0.1) is 0 Å². The molecular formula is C20H21F2NO3. The highest BCUT2D eigenvalue weighted by molar-refractivity contribution is 5.95. The maximum atomic E-state index is 12.3. The Morgan fingerprint density at radius 2 is 2.00 bits per heavy atom. The molecule has 2 aromatic rings. The summed E-state index contributed by atoms with van der Waals surface area (Å²) in [5, 5.41) is 2.94. The largest absolute Gasteiger partial charge is 0.435 e. The minimum atomic E-state index is -2.84. The first-order valence-electron chi connectivity index (χ1n) is 8.63. The van der Waals surface area contributed by atoms with Gasteiger partial charge in [0.2, 0.25) is 0 Å². The van der Waals surface area contributed by atoms with E-state index < -0.39 is 6.61 Å². The zero-order chi connectivity index (χ0) is 18.4. The zero-order valence-electron chi connectivity index (χ0n) is 14.3. The summed E-state index contributed by atoms with van der Waals surface area (Å²) in [6.07, 6.45) is 1.97. The summed E-state index contributed by atoms with van der Waals surface area (Å²) in [6, 6.07) is 13.6. The standard InChI is InChI=1S/C20H21F2NO3/c21-20(22)26-18-6-4-15(5-7-18)16-2-1-3-17(12-16)19(24)23-10-8-14-9-11-25-13-14/h1-7,12,14,20H,8-11,13H2,(H,23,24)/t14-/m1/s1. The van der Waals surface area contributed by atoms with Gasteiger partial charge in [-0.2, -0.15) is 8.78 Å². The molecule has 0 aromatic heterocycles. The molecule has 3 rings (SSSR count). The fourth-order valence-corrected chi connectivity index (χ4v) is 2.97. The maximum absolute atomic E-state index is 12.3. The van der Waals surface area contributed by atoms with Crippen LogP contribution in [0.1, 0.15) is 23.2 Å². The molecule has 0 spiro atoms. The molecular weight excluding hydrogens is 340 g/mol. The van der Waals surface area contributed by atoms with Crippen LogP contribution >= 0.6 is 0 Å². The van der Waals surface area contributed by atoms with Gasteiger partial charge in [-0.1, -0.05) is 24.3 Å². The number of halogens is 2. The van der Waals surface area contributed by atoms with Gasteiger partial charge in [-0.05, 0) is 54.2 Å². The minimum Gasteiger partial charge on any atom is -0.435 e. The van der Waals surface area contributed by atoms with Crippen LogP contribution < -0.4 is 10.1 Å². The second-order valence-corrected chi connectivity index (χ2v) is 6.26. The Kier molecular flexibility index (Phi) is 6.17. The van der Waals surface area contributed by atoms with Crippen molar-refractivity contribution in [2.45, 2.75) is 19.5 Å². The topological polar surface area (TPSA) is 47.6 Å². The molecule has 1 heterocycles. The molecule has 0 aliphatic carbocycles. The van der Waals surface area contributed by atoms with Gasteiger partial charge in [-0.25, -0.2) is 0 Å². The highest BCUT2D eigenvalue weighted by atomic mass is 19.3. The number of benzene rings is 2. The monoisotopic (exact) mass is 361 g/mol. The van der Waals surface area contributed by atoms with E-state index in [1.807, 2.05) is 6.07 Å². The number of nitrogens with one attached hydrogen (secondary N) is 1. The van der Waals surface area contributed by atoms with Crippen molar-refractivity contribution >= 4 is 5.91 Å². The van der Waals surface area contributed by atoms with Crippen LogP contribution in [0.5, 0.6) is 5.75 Å². The van der Waals surface area contributed by atoms with Crippen LogP contribution in [-0.2, 0) is 4.74 Å². The molecule has 1 fully saturated rings. The predicted molar refractivity (Wildman–Crippen MR) is 94.4 cm³/mol. The Bertz CT molecular complexity index is 728. The Morgan fingerprint density at radius 3 is 2.69 bits per heavy atom. The van der Waals surface area contributed by atoms with Gasteiger partial charge >= 0.3 is 6.61 Å². The number of amides is 1. The highest BCUT2D eigenvalue weighted by Gasteiger charge is 2.15. The van der Waals surface area contributed by atoms with E-state index in [1.165, 1.54) is 12.1 Å². The Morgan fingerprint density at radius 1 is 1.19 bits per heavy atom. The third-order valence-corrected chi connectivity index (χ3v) is 4.40. The van der Waals surface area contributed by atoms with Gasteiger partial charge in [0.1, 0.15) is 5.75 Å². The van der Waals surface area contributed by atoms with Gasteiger partial charge in [0.25, 0.3) is 5.91 Å². The van der Waals surface area contributed by atoms with Crippen LogP contribution in [0.4, 0.5) is 8.78 Å². The molecule has 0 bridgehead atoms. The lowest BCUT2D eigenvalue weighted by Crippen LogP contribution is -2.26. The smallest absolute Gasteiger partial charge is 0.387 e. The van der Waals surface area contributed by atoms with Gasteiger partial charge in [-0.3, -0.25) is 4.79 Å². The summed E-state index contributed by atoms with van der Waals surface area (Å²) < 4.78 is 34.1. The van der Waals surface area contributed by atoms with Crippen molar-refractivity contribution in [2.24, 2.45) is 5.92 Å². The van der Waals surface area contributed by atoms with Crippen molar-refractivity contribution in [3.8, 4) is 16.9 Å². The molecule has 26 heavy (non-hydrogen) atoms.